The molecule has 0 bridgehead atoms. The minimum Gasteiger partial charge on any atom is -0.379 e. The van der Waals surface area contributed by atoms with Gasteiger partial charge in [0.15, 0.2) is 0 Å². The summed E-state index contributed by atoms with van der Waals surface area (Å²) in [6, 6.07) is 0. The van der Waals surface area contributed by atoms with E-state index in [2.05, 4.69) is 0 Å². The van der Waals surface area contributed by atoms with Crippen LogP contribution in [0.3, 0.4) is 0 Å². The molecule has 3 heteroatoms. The molecule has 1 saturated carbocycles. The van der Waals surface area contributed by atoms with Crippen LogP contribution in [0, 0.1) is 0 Å². The summed E-state index contributed by atoms with van der Waals surface area (Å²) in [5, 5.41) is 0. The number of rotatable bonds is 5. The highest BCUT2D eigenvalue weighted by Gasteiger charge is 2.26. The van der Waals surface area contributed by atoms with Gasteiger partial charge in [-0.2, -0.15) is 0 Å². The summed E-state index contributed by atoms with van der Waals surface area (Å²) >= 11 is 0. The molecule has 15 heavy (non-hydrogen) atoms. The monoisotopic (exact) mass is 215 g/mol. The highest BCUT2D eigenvalue weighted by atomic mass is 16.5. The molecule has 2 N–H and O–H groups in total. The number of hydrogen-bond donors (Lipinski definition) is 1. The lowest BCUT2D eigenvalue weighted by Gasteiger charge is -2.28. The van der Waals surface area contributed by atoms with Crippen molar-refractivity contribution < 1.29 is 9.47 Å². The molecule has 0 saturated heterocycles. The van der Waals surface area contributed by atoms with E-state index in [0.29, 0.717) is 13.2 Å². The van der Waals surface area contributed by atoms with Crippen LogP contribution in [0.4, 0.5) is 0 Å². The first-order chi connectivity index (χ1) is 7.16. The van der Waals surface area contributed by atoms with Gasteiger partial charge < -0.3 is 15.2 Å². The van der Waals surface area contributed by atoms with E-state index in [0.717, 1.165) is 12.8 Å². The molecule has 3 nitrogen and oxygen atoms in total. The van der Waals surface area contributed by atoms with E-state index in [1.165, 1.54) is 25.7 Å². The van der Waals surface area contributed by atoms with Crippen molar-refractivity contribution in [2.45, 2.75) is 57.1 Å². The first-order valence-corrected chi connectivity index (χ1v) is 6.06. The average Bonchev–Trinajstić information content (AvgIpc) is 2.43. The third kappa shape index (κ3) is 4.96. The van der Waals surface area contributed by atoms with Gasteiger partial charge in [-0.15, -0.1) is 0 Å². The summed E-state index contributed by atoms with van der Waals surface area (Å²) in [7, 11) is 1.71. The van der Waals surface area contributed by atoms with Crippen molar-refractivity contribution in [1.82, 2.24) is 0 Å². The molecule has 1 rings (SSSR count). The lowest BCUT2D eigenvalue weighted by Crippen LogP contribution is -2.44. The molecule has 1 atom stereocenters. The zero-order valence-corrected chi connectivity index (χ0v) is 10.1. The smallest absolute Gasteiger partial charge is 0.0776 e. The van der Waals surface area contributed by atoms with Crippen LogP contribution in [0.5, 0.6) is 0 Å². The third-order valence-electron chi connectivity index (χ3n) is 3.24. The minimum absolute atomic E-state index is 0.0794. The van der Waals surface area contributed by atoms with E-state index in [4.69, 9.17) is 15.2 Å². The van der Waals surface area contributed by atoms with Gasteiger partial charge in [-0.3, -0.25) is 0 Å². The molecule has 1 aliphatic carbocycles. The zero-order valence-electron chi connectivity index (χ0n) is 10.1. The Morgan fingerprint density at radius 3 is 2.33 bits per heavy atom. The van der Waals surface area contributed by atoms with Crippen molar-refractivity contribution in [3.63, 3.8) is 0 Å². The summed E-state index contributed by atoms with van der Waals surface area (Å²) in [5.41, 5.74) is 6.24. The standard InChI is InChI=1S/C12H25NO2/c1-11(14-2)9-15-10-12(13)7-5-3-4-6-8-12/h11H,3-10,13H2,1-2H3. The molecule has 0 aromatic rings. The maximum Gasteiger partial charge on any atom is 0.0776 e. The lowest BCUT2D eigenvalue weighted by atomic mass is 9.93. The van der Waals surface area contributed by atoms with Crippen molar-refractivity contribution in [3.8, 4) is 0 Å². The Morgan fingerprint density at radius 1 is 1.20 bits per heavy atom. The van der Waals surface area contributed by atoms with E-state index >= 15 is 0 Å². The van der Waals surface area contributed by atoms with E-state index in [9.17, 15) is 0 Å². The number of nitrogens with two attached hydrogens (primary N) is 1. The van der Waals surface area contributed by atoms with Crippen LogP contribution in [-0.2, 0) is 9.47 Å². The van der Waals surface area contributed by atoms with E-state index in [-0.39, 0.29) is 11.6 Å². The predicted molar refractivity (Wildman–Crippen MR) is 61.9 cm³/mol. The minimum atomic E-state index is -0.0794. The summed E-state index contributed by atoms with van der Waals surface area (Å²) in [4.78, 5) is 0. The second-order valence-electron chi connectivity index (χ2n) is 4.84. The van der Waals surface area contributed by atoms with Gasteiger partial charge in [0.25, 0.3) is 0 Å². The Morgan fingerprint density at radius 2 is 1.80 bits per heavy atom. The van der Waals surface area contributed by atoms with Crippen molar-refractivity contribution in [2.75, 3.05) is 20.3 Å². The normalized spacial score (nSPS) is 23.4. The van der Waals surface area contributed by atoms with Crippen LogP contribution in [0.2, 0.25) is 0 Å². The van der Waals surface area contributed by atoms with E-state index in [1.807, 2.05) is 6.92 Å². The number of ether oxygens (including phenoxy) is 2. The Balaban J connectivity index is 2.22. The van der Waals surface area contributed by atoms with E-state index in [1.54, 1.807) is 7.11 Å². The van der Waals surface area contributed by atoms with Gasteiger partial charge in [-0.25, -0.2) is 0 Å². The fraction of sp³-hybridized carbons (Fsp3) is 1.00. The van der Waals surface area contributed by atoms with Crippen molar-refractivity contribution in [2.24, 2.45) is 5.73 Å². The molecule has 0 aromatic carbocycles. The number of methoxy groups -OCH3 is 1. The SMILES string of the molecule is COC(C)COCC1(N)CCCCCC1. The summed E-state index contributed by atoms with van der Waals surface area (Å²) < 4.78 is 10.8. The van der Waals surface area contributed by atoms with Crippen molar-refractivity contribution in [3.05, 3.63) is 0 Å². The van der Waals surface area contributed by atoms with Crippen LogP contribution >= 0.6 is 0 Å². The van der Waals surface area contributed by atoms with Crippen molar-refractivity contribution in [1.29, 1.82) is 0 Å². The molecular formula is C12H25NO2. The highest BCUT2D eigenvalue weighted by Crippen LogP contribution is 2.25. The van der Waals surface area contributed by atoms with Crippen LogP contribution in [-0.4, -0.2) is 32.0 Å². The zero-order chi connectivity index (χ0) is 11.1. The molecule has 1 aliphatic rings. The van der Waals surface area contributed by atoms with Gasteiger partial charge in [0, 0.05) is 12.6 Å². The van der Waals surface area contributed by atoms with Crippen LogP contribution in [0.15, 0.2) is 0 Å². The molecule has 0 amide bonds. The Hall–Kier alpha value is -0.120. The molecular weight excluding hydrogens is 190 g/mol. The van der Waals surface area contributed by atoms with Gasteiger partial charge >= 0.3 is 0 Å². The Kier molecular flexibility index (Phi) is 5.58. The summed E-state index contributed by atoms with van der Waals surface area (Å²) in [5.74, 6) is 0. The van der Waals surface area contributed by atoms with Crippen molar-refractivity contribution >= 4 is 0 Å². The van der Waals surface area contributed by atoms with Gasteiger partial charge in [0.1, 0.15) is 0 Å². The molecule has 0 aromatic heterocycles. The fourth-order valence-electron chi connectivity index (χ4n) is 2.07. The lowest BCUT2D eigenvalue weighted by molar-refractivity contribution is -0.00128. The summed E-state index contributed by atoms with van der Waals surface area (Å²) in [6.45, 7) is 3.34. The topological polar surface area (TPSA) is 44.5 Å². The molecule has 0 radical (unpaired) electrons. The van der Waals surface area contributed by atoms with Crippen LogP contribution in [0.1, 0.15) is 45.4 Å². The molecule has 0 aliphatic heterocycles. The molecule has 1 unspecified atom stereocenters. The predicted octanol–water partition coefficient (Wildman–Crippen LogP) is 2.09. The van der Waals surface area contributed by atoms with Gasteiger partial charge in [-0.1, -0.05) is 25.7 Å². The Bertz CT molecular complexity index is 165. The third-order valence-corrected chi connectivity index (χ3v) is 3.24. The average molecular weight is 215 g/mol. The maximum absolute atomic E-state index is 6.32. The molecule has 0 spiro atoms. The Labute approximate surface area is 93.3 Å². The van der Waals surface area contributed by atoms with Gasteiger partial charge in [0.2, 0.25) is 0 Å². The molecule has 0 heterocycles. The van der Waals surface area contributed by atoms with Crippen LogP contribution in [0.25, 0.3) is 0 Å². The van der Waals surface area contributed by atoms with Crippen LogP contribution < -0.4 is 5.73 Å². The fourth-order valence-corrected chi connectivity index (χ4v) is 2.07. The highest BCUT2D eigenvalue weighted by molar-refractivity contribution is 4.85. The first-order valence-electron chi connectivity index (χ1n) is 6.06. The quantitative estimate of drug-likeness (QED) is 0.714. The second-order valence-corrected chi connectivity index (χ2v) is 4.84. The number of hydrogen-bond acceptors (Lipinski definition) is 3. The van der Waals surface area contributed by atoms with Gasteiger partial charge in [0.05, 0.1) is 19.3 Å². The van der Waals surface area contributed by atoms with Gasteiger partial charge in [-0.05, 0) is 19.8 Å². The largest absolute Gasteiger partial charge is 0.379 e. The first kappa shape index (κ1) is 12.9. The second kappa shape index (κ2) is 6.46. The molecule has 1 fully saturated rings. The van der Waals surface area contributed by atoms with E-state index < -0.39 is 0 Å². The summed E-state index contributed by atoms with van der Waals surface area (Å²) in [6.07, 6.45) is 7.53. The maximum atomic E-state index is 6.32. The molecule has 90 valence electrons.